The van der Waals surface area contributed by atoms with Crippen molar-refractivity contribution < 1.29 is 9.53 Å². The lowest BCUT2D eigenvalue weighted by atomic mass is 10.0. The summed E-state index contributed by atoms with van der Waals surface area (Å²) >= 11 is 0. The van der Waals surface area contributed by atoms with Crippen molar-refractivity contribution in [2.24, 2.45) is 0 Å². The fourth-order valence-corrected chi connectivity index (χ4v) is 4.70. The molecule has 0 unspecified atom stereocenters. The topological polar surface area (TPSA) is 103 Å². The van der Waals surface area contributed by atoms with Crippen molar-refractivity contribution in [2.75, 3.05) is 49.5 Å². The van der Waals surface area contributed by atoms with Crippen molar-refractivity contribution in [3.8, 4) is 6.01 Å². The number of aromatic nitrogens is 3. The Morgan fingerprint density at radius 1 is 1.00 bits per heavy atom. The Balaban J connectivity index is 1.07. The number of fused-ring (bicyclic) bond motifs is 2. The van der Waals surface area contributed by atoms with E-state index in [1.54, 1.807) is 6.07 Å². The van der Waals surface area contributed by atoms with Crippen molar-refractivity contribution in [3.05, 3.63) is 51.9 Å². The molecule has 1 amide bonds. The Morgan fingerprint density at radius 2 is 1.85 bits per heavy atom. The number of hydrogen-bond acceptors (Lipinski definition) is 7. The summed E-state index contributed by atoms with van der Waals surface area (Å²) in [6.07, 6.45) is 3.32. The minimum Gasteiger partial charge on any atom is -0.463 e. The molecule has 2 N–H and O–H groups in total. The maximum absolute atomic E-state index is 11.9. The van der Waals surface area contributed by atoms with E-state index >= 15 is 0 Å². The van der Waals surface area contributed by atoms with Crippen LogP contribution in [-0.2, 0) is 11.2 Å². The molecule has 4 heterocycles. The maximum Gasteiger partial charge on any atom is 0.318 e. The van der Waals surface area contributed by atoms with Crippen LogP contribution < -0.4 is 20.5 Å². The van der Waals surface area contributed by atoms with Gasteiger partial charge < -0.3 is 19.9 Å². The molecule has 2 aliphatic rings. The molecule has 1 saturated heterocycles. The molecule has 2 aliphatic heterocycles. The lowest BCUT2D eigenvalue weighted by Gasteiger charge is -2.37. The Kier molecular flexibility index (Phi) is 6.44. The van der Waals surface area contributed by atoms with E-state index in [9.17, 15) is 9.59 Å². The summed E-state index contributed by atoms with van der Waals surface area (Å²) in [6.45, 7) is 7.34. The third kappa shape index (κ3) is 4.89. The average molecular weight is 463 g/mol. The second-order valence-electron chi connectivity index (χ2n) is 8.92. The molecule has 3 aromatic rings. The molecule has 9 nitrogen and oxygen atoms in total. The molecular weight excluding hydrogens is 432 g/mol. The van der Waals surface area contributed by atoms with Gasteiger partial charge in [-0.15, -0.1) is 0 Å². The van der Waals surface area contributed by atoms with Gasteiger partial charge in [-0.05, 0) is 50.4 Å². The number of nitrogens with one attached hydrogen (secondary N) is 2. The average Bonchev–Trinajstić information content (AvgIpc) is 2.83. The number of pyridine rings is 1. The van der Waals surface area contributed by atoms with Crippen molar-refractivity contribution in [3.63, 3.8) is 0 Å². The zero-order valence-corrected chi connectivity index (χ0v) is 19.5. The second-order valence-corrected chi connectivity index (χ2v) is 8.92. The van der Waals surface area contributed by atoms with Crippen molar-refractivity contribution in [1.29, 1.82) is 0 Å². The summed E-state index contributed by atoms with van der Waals surface area (Å²) in [7, 11) is 0. The largest absolute Gasteiger partial charge is 0.463 e. The fourth-order valence-electron chi connectivity index (χ4n) is 4.70. The van der Waals surface area contributed by atoms with Gasteiger partial charge >= 0.3 is 6.01 Å². The third-order valence-electron chi connectivity index (χ3n) is 6.59. The fraction of sp³-hybridized carbons (Fsp3) is 0.440. The van der Waals surface area contributed by atoms with E-state index in [4.69, 9.17) is 4.74 Å². The number of ether oxygens (including phenoxy) is 1. The SMILES string of the molecule is Cc1nc(OCCCCN2CCN(c3cccc4c3NC(=O)CC4)CC2)nc2[nH]c(=O)ccc12. The van der Waals surface area contributed by atoms with Gasteiger partial charge in [0.2, 0.25) is 11.5 Å². The number of benzene rings is 1. The number of para-hydroxylation sites is 1. The van der Waals surface area contributed by atoms with Crippen molar-refractivity contribution in [1.82, 2.24) is 19.9 Å². The van der Waals surface area contributed by atoms with E-state index in [1.807, 2.05) is 6.92 Å². The summed E-state index contributed by atoms with van der Waals surface area (Å²) in [5.41, 5.74) is 4.48. The number of anilines is 2. The van der Waals surface area contributed by atoms with Crippen LogP contribution in [0.2, 0.25) is 0 Å². The Bertz CT molecular complexity index is 1250. The number of rotatable bonds is 7. The van der Waals surface area contributed by atoms with Crippen LogP contribution in [0.25, 0.3) is 11.0 Å². The Labute approximate surface area is 198 Å². The molecule has 5 rings (SSSR count). The van der Waals surface area contributed by atoms with Gasteiger partial charge in [-0.2, -0.15) is 9.97 Å². The molecule has 1 fully saturated rings. The number of carbonyl (C=O) groups excluding carboxylic acids is 1. The predicted molar refractivity (Wildman–Crippen MR) is 132 cm³/mol. The standard InChI is InChI=1S/C25H30N6O3/c1-17-19-8-10-22(33)28-24(19)29-25(26-17)34-16-3-2-11-30-12-14-31(15-13-30)20-6-4-5-18-7-9-21(32)27-23(18)20/h4-6,8,10H,2-3,7,9,11-16H2,1H3,(H,27,32)(H,26,28,29,33). The van der Waals surface area contributed by atoms with Gasteiger partial charge in [0.1, 0.15) is 5.65 Å². The molecule has 2 aromatic heterocycles. The highest BCUT2D eigenvalue weighted by molar-refractivity contribution is 5.98. The molecular formula is C25H30N6O3. The number of piperazine rings is 1. The van der Waals surface area contributed by atoms with E-state index in [2.05, 4.69) is 48.3 Å². The van der Waals surface area contributed by atoms with Crippen LogP contribution in [0.1, 0.15) is 30.5 Å². The zero-order valence-electron chi connectivity index (χ0n) is 19.5. The predicted octanol–water partition coefficient (Wildman–Crippen LogP) is 2.49. The monoisotopic (exact) mass is 462 g/mol. The minimum atomic E-state index is -0.187. The minimum absolute atomic E-state index is 0.110. The van der Waals surface area contributed by atoms with Gasteiger partial charge in [0.05, 0.1) is 23.7 Å². The van der Waals surface area contributed by atoms with Crippen LogP contribution in [0.5, 0.6) is 6.01 Å². The van der Waals surface area contributed by atoms with E-state index in [0.29, 0.717) is 24.7 Å². The Hall–Kier alpha value is -3.46. The molecule has 0 radical (unpaired) electrons. The van der Waals surface area contributed by atoms with Crippen LogP contribution >= 0.6 is 0 Å². The zero-order chi connectivity index (χ0) is 23.5. The number of unbranched alkanes of at least 4 members (excludes halogenated alkanes) is 1. The van der Waals surface area contributed by atoms with Gasteiger partial charge in [-0.3, -0.25) is 14.5 Å². The quantitative estimate of drug-likeness (QED) is 0.520. The van der Waals surface area contributed by atoms with E-state index in [-0.39, 0.29) is 11.5 Å². The second kappa shape index (κ2) is 9.80. The highest BCUT2D eigenvalue weighted by Gasteiger charge is 2.23. The number of hydrogen-bond donors (Lipinski definition) is 2. The molecule has 0 saturated carbocycles. The first kappa shape index (κ1) is 22.3. The van der Waals surface area contributed by atoms with E-state index in [1.165, 1.54) is 11.6 Å². The Morgan fingerprint density at radius 3 is 2.71 bits per heavy atom. The number of carbonyl (C=O) groups is 1. The maximum atomic E-state index is 11.9. The highest BCUT2D eigenvalue weighted by atomic mass is 16.5. The normalized spacial score (nSPS) is 16.4. The molecule has 178 valence electrons. The molecule has 1 aromatic carbocycles. The summed E-state index contributed by atoms with van der Waals surface area (Å²) in [4.78, 5) is 39.8. The summed E-state index contributed by atoms with van der Waals surface area (Å²) in [6, 6.07) is 9.83. The molecule has 9 heteroatoms. The number of nitrogens with zero attached hydrogens (tertiary/aromatic N) is 4. The van der Waals surface area contributed by atoms with Crippen molar-refractivity contribution in [2.45, 2.75) is 32.6 Å². The molecule has 0 atom stereocenters. The van der Waals surface area contributed by atoms with Gasteiger partial charge in [0.25, 0.3) is 0 Å². The lowest BCUT2D eigenvalue weighted by molar-refractivity contribution is -0.116. The van der Waals surface area contributed by atoms with Crippen LogP contribution in [0, 0.1) is 6.92 Å². The molecule has 34 heavy (non-hydrogen) atoms. The molecule has 0 spiro atoms. The lowest BCUT2D eigenvalue weighted by Crippen LogP contribution is -2.47. The number of aryl methyl sites for hydroxylation is 2. The van der Waals surface area contributed by atoms with E-state index < -0.39 is 0 Å². The van der Waals surface area contributed by atoms with Gasteiger partial charge in [-0.25, -0.2) is 0 Å². The van der Waals surface area contributed by atoms with E-state index in [0.717, 1.165) is 74.4 Å². The van der Waals surface area contributed by atoms with Gasteiger partial charge in [0.15, 0.2) is 0 Å². The smallest absolute Gasteiger partial charge is 0.318 e. The summed E-state index contributed by atoms with van der Waals surface area (Å²) in [5.74, 6) is 0.110. The third-order valence-corrected chi connectivity index (χ3v) is 6.59. The van der Waals surface area contributed by atoms with Crippen LogP contribution in [0.3, 0.4) is 0 Å². The summed E-state index contributed by atoms with van der Waals surface area (Å²) in [5, 5.41) is 3.90. The van der Waals surface area contributed by atoms with Crippen molar-refractivity contribution >= 4 is 28.3 Å². The number of H-pyrrole nitrogens is 1. The first-order chi connectivity index (χ1) is 16.6. The first-order valence-electron chi connectivity index (χ1n) is 12.0. The molecule has 0 bridgehead atoms. The van der Waals surface area contributed by atoms with Gasteiger partial charge in [-0.1, -0.05) is 12.1 Å². The van der Waals surface area contributed by atoms with Crippen LogP contribution in [-0.4, -0.2) is 65.1 Å². The van der Waals surface area contributed by atoms with Crippen LogP contribution in [0.4, 0.5) is 11.4 Å². The van der Waals surface area contributed by atoms with Crippen LogP contribution in [0.15, 0.2) is 35.1 Å². The number of aromatic amines is 1. The first-order valence-corrected chi connectivity index (χ1v) is 12.0. The highest BCUT2D eigenvalue weighted by Crippen LogP contribution is 2.33. The summed E-state index contributed by atoms with van der Waals surface area (Å²) < 4.78 is 5.76. The molecule has 0 aliphatic carbocycles. The van der Waals surface area contributed by atoms with Gasteiger partial charge in [0, 0.05) is 44.1 Å². The number of amides is 1.